The van der Waals surface area contributed by atoms with Crippen LogP contribution in [0.1, 0.15) is 22.8 Å². The summed E-state index contributed by atoms with van der Waals surface area (Å²) in [5.74, 6) is 0.680. The molecule has 4 rings (SSSR count). The van der Waals surface area contributed by atoms with E-state index in [-0.39, 0.29) is 43.1 Å². The first-order valence-corrected chi connectivity index (χ1v) is 10.4. The van der Waals surface area contributed by atoms with Crippen LogP contribution < -0.4 is 14.8 Å². The lowest BCUT2D eigenvalue weighted by molar-refractivity contribution is -0.132. The van der Waals surface area contributed by atoms with Crippen molar-refractivity contribution in [1.82, 2.24) is 9.80 Å². The highest BCUT2D eigenvalue weighted by Gasteiger charge is 2.24. The molecule has 0 unspecified atom stereocenters. The quantitative estimate of drug-likeness (QED) is 0.659. The number of benzene rings is 2. The Morgan fingerprint density at radius 3 is 2.44 bits per heavy atom. The number of carbonyl (C=O) groups is 3. The number of amides is 2. The van der Waals surface area contributed by atoms with Gasteiger partial charge < -0.3 is 24.8 Å². The van der Waals surface area contributed by atoms with Crippen LogP contribution in [0.2, 0.25) is 0 Å². The zero-order valence-corrected chi connectivity index (χ0v) is 17.8. The lowest BCUT2D eigenvalue weighted by Crippen LogP contribution is -2.50. The maximum absolute atomic E-state index is 12.6. The molecular weight excluding hydrogens is 414 g/mol. The monoisotopic (exact) mass is 439 g/mol. The predicted molar refractivity (Wildman–Crippen MR) is 116 cm³/mol. The Labute approximate surface area is 185 Å². The van der Waals surface area contributed by atoms with E-state index in [1.54, 1.807) is 35.2 Å². The zero-order chi connectivity index (χ0) is 22.7. The summed E-state index contributed by atoms with van der Waals surface area (Å²) < 4.78 is 10.6. The van der Waals surface area contributed by atoms with Crippen LogP contribution in [-0.4, -0.2) is 72.0 Å². The Morgan fingerprint density at radius 2 is 1.75 bits per heavy atom. The molecule has 2 N–H and O–H groups in total. The number of nitrogens with one attached hydrogen (secondary N) is 1. The fourth-order valence-electron chi connectivity index (χ4n) is 3.84. The molecule has 1 saturated heterocycles. The van der Waals surface area contributed by atoms with Crippen molar-refractivity contribution in [3.8, 4) is 17.2 Å². The molecular formula is C23H25N3O6. The number of nitrogens with zero attached hydrogens (tertiary/aromatic N) is 2. The van der Waals surface area contributed by atoms with Gasteiger partial charge in [0.2, 0.25) is 18.6 Å². The zero-order valence-electron chi connectivity index (χ0n) is 17.8. The Hall–Kier alpha value is -3.59. The number of ketones is 1. The van der Waals surface area contributed by atoms with Gasteiger partial charge in [-0.05, 0) is 30.7 Å². The van der Waals surface area contributed by atoms with Gasteiger partial charge in [-0.1, -0.05) is 12.1 Å². The molecule has 9 heteroatoms. The Balaban J connectivity index is 1.29. The molecule has 2 aromatic carbocycles. The topological polar surface area (TPSA) is 108 Å². The van der Waals surface area contributed by atoms with Gasteiger partial charge in [0.15, 0.2) is 17.3 Å². The minimum absolute atomic E-state index is 0.00818. The van der Waals surface area contributed by atoms with Crippen LogP contribution in [0.5, 0.6) is 17.2 Å². The van der Waals surface area contributed by atoms with E-state index >= 15 is 0 Å². The summed E-state index contributed by atoms with van der Waals surface area (Å²) in [4.78, 5) is 40.9. The third-order valence-corrected chi connectivity index (χ3v) is 5.52. The molecule has 0 aliphatic carbocycles. The number of aromatic hydroxyl groups is 1. The van der Waals surface area contributed by atoms with Gasteiger partial charge in [-0.15, -0.1) is 0 Å². The second kappa shape index (κ2) is 9.27. The molecule has 0 spiro atoms. The molecule has 0 saturated carbocycles. The number of ether oxygens (including phenoxy) is 2. The number of Topliss-reactive ketones (excluding diaryl/α,β-unsaturated/α-hetero) is 1. The van der Waals surface area contributed by atoms with E-state index in [1.807, 2.05) is 11.0 Å². The fraction of sp³-hybridized carbons (Fsp3) is 0.348. The second-order valence-electron chi connectivity index (χ2n) is 7.86. The number of piperazine rings is 1. The number of fused-ring (bicyclic) bond motifs is 1. The maximum atomic E-state index is 12.6. The number of rotatable bonds is 6. The van der Waals surface area contributed by atoms with Crippen molar-refractivity contribution in [3.05, 3.63) is 47.5 Å². The lowest BCUT2D eigenvalue weighted by Gasteiger charge is -2.34. The summed E-state index contributed by atoms with van der Waals surface area (Å²) in [6.07, 6.45) is 0.229. The first-order chi connectivity index (χ1) is 15.4. The first kappa shape index (κ1) is 21.6. The van der Waals surface area contributed by atoms with E-state index < -0.39 is 0 Å². The summed E-state index contributed by atoms with van der Waals surface area (Å²) in [7, 11) is 0. The van der Waals surface area contributed by atoms with Crippen molar-refractivity contribution in [2.75, 3.05) is 44.8 Å². The maximum Gasteiger partial charge on any atom is 0.238 e. The summed E-state index contributed by atoms with van der Waals surface area (Å²) in [5.41, 5.74) is 1.53. The predicted octanol–water partition coefficient (Wildman–Crippen LogP) is 1.65. The Morgan fingerprint density at radius 1 is 1.03 bits per heavy atom. The summed E-state index contributed by atoms with van der Waals surface area (Å²) in [6, 6.07) is 9.87. The van der Waals surface area contributed by atoms with Crippen LogP contribution in [0.15, 0.2) is 36.4 Å². The molecule has 0 atom stereocenters. The number of hydrogen-bond donors (Lipinski definition) is 2. The van der Waals surface area contributed by atoms with Crippen molar-refractivity contribution in [1.29, 1.82) is 0 Å². The van der Waals surface area contributed by atoms with Crippen LogP contribution in [-0.2, 0) is 16.0 Å². The van der Waals surface area contributed by atoms with Crippen molar-refractivity contribution in [3.63, 3.8) is 0 Å². The molecule has 2 aliphatic heterocycles. The van der Waals surface area contributed by atoms with Crippen LogP contribution in [0.3, 0.4) is 0 Å². The van der Waals surface area contributed by atoms with Crippen molar-refractivity contribution < 1.29 is 29.0 Å². The third kappa shape index (κ3) is 5.00. The summed E-state index contributed by atoms with van der Waals surface area (Å²) in [5, 5.41) is 12.4. The van der Waals surface area contributed by atoms with Gasteiger partial charge in [0.05, 0.1) is 18.7 Å². The molecule has 2 amide bonds. The molecule has 0 aromatic heterocycles. The highest BCUT2D eigenvalue weighted by Crippen LogP contribution is 2.37. The average Bonchev–Trinajstić information content (AvgIpc) is 3.21. The van der Waals surface area contributed by atoms with Gasteiger partial charge in [0.25, 0.3) is 0 Å². The highest BCUT2D eigenvalue weighted by atomic mass is 16.7. The molecule has 2 aliphatic rings. The Bertz CT molecular complexity index is 1050. The highest BCUT2D eigenvalue weighted by molar-refractivity contribution is 6.05. The lowest BCUT2D eigenvalue weighted by atomic mass is 10.1. The average molecular weight is 439 g/mol. The van der Waals surface area contributed by atoms with Gasteiger partial charge >= 0.3 is 0 Å². The molecule has 32 heavy (non-hydrogen) atoms. The standard InChI is InChI=1S/C23H25N3O6/c1-15(27)18-11-20-21(32-14-31-20)12-19(18)24-22(29)13-25-5-7-26(8-6-25)23(30)10-16-3-2-4-17(28)9-16/h2-4,9,11-12,28H,5-8,10,13-14H2,1H3,(H,24,29). The van der Waals surface area contributed by atoms with E-state index in [9.17, 15) is 19.5 Å². The van der Waals surface area contributed by atoms with E-state index in [4.69, 9.17) is 9.47 Å². The number of phenols is 1. The van der Waals surface area contributed by atoms with E-state index in [0.717, 1.165) is 5.56 Å². The Kier molecular flexibility index (Phi) is 6.27. The number of anilines is 1. The molecule has 168 valence electrons. The van der Waals surface area contributed by atoms with Crippen LogP contribution in [0, 0.1) is 0 Å². The first-order valence-electron chi connectivity index (χ1n) is 10.4. The van der Waals surface area contributed by atoms with Gasteiger partial charge in [-0.2, -0.15) is 0 Å². The van der Waals surface area contributed by atoms with Gasteiger partial charge in [-0.25, -0.2) is 0 Å². The van der Waals surface area contributed by atoms with Crippen molar-refractivity contribution in [2.45, 2.75) is 13.3 Å². The van der Waals surface area contributed by atoms with Gasteiger partial charge in [-0.3, -0.25) is 19.3 Å². The molecule has 2 heterocycles. The smallest absolute Gasteiger partial charge is 0.238 e. The molecule has 9 nitrogen and oxygen atoms in total. The van der Waals surface area contributed by atoms with Crippen molar-refractivity contribution in [2.24, 2.45) is 0 Å². The van der Waals surface area contributed by atoms with Crippen LogP contribution >= 0.6 is 0 Å². The largest absolute Gasteiger partial charge is 0.508 e. The van der Waals surface area contributed by atoms with Gasteiger partial charge in [0.1, 0.15) is 5.75 Å². The minimum atomic E-state index is -0.245. The van der Waals surface area contributed by atoms with Crippen LogP contribution in [0.4, 0.5) is 5.69 Å². The van der Waals surface area contributed by atoms with Crippen molar-refractivity contribution >= 4 is 23.3 Å². The molecule has 0 bridgehead atoms. The van der Waals surface area contributed by atoms with Crippen LogP contribution in [0.25, 0.3) is 0 Å². The van der Waals surface area contributed by atoms with E-state index in [0.29, 0.717) is 48.9 Å². The summed E-state index contributed by atoms with van der Waals surface area (Å²) in [6.45, 7) is 3.85. The molecule has 1 fully saturated rings. The van der Waals surface area contributed by atoms with Gasteiger partial charge in [0, 0.05) is 37.8 Å². The second-order valence-corrected chi connectivity index (χ2v) is 7.86. The minimum Gasteiger partial charge on any atom is -0.508 e. The molecule has 0 radical (unpaired) electrons. The summed E-state index contributed by atoms with van der Waals surface area (Å²) >= 11 is 0. The number of phenolic OH excluding ortho intramolecular Hbond substituents is 1. The third-order valence-electron chi connectivity index (χ3n) is 5.52. The SMILES string of the molecule is CC(=O)c1cc2c(cc1NC(=O)CN1CCN(C(=O)Cc3cccc(O)c3)CC1)OCO2. The van der Waals surface area contributed by atoms with E-state index in [1.165, 1.54) is 6.92 Å². The number of carbonyl (C=O) groups excluding carboxylic acids is 3. The van der Waals surface area contributed by atoms with E-state index in [2.05, 4.69) is 5.32 Å². The fourth-order valence-corrected chi connectivity index (χ4v) is 3.84. The number of hydrogen-bond acceptors (Lipinski definition) is 7. The molecule has 2 aromatic rings. The normalized spacial score (nSPS) is 15.5.